The molecule has 2 aromatic rings. The summed E-state index contributed by atoms with van der Waals surface area (Å²) in [4.78, 5) is 0. The molecule has 16 heavy (non-hydrogen) atoms. The van der Waals surface area contributed by atoms with E-state index in [1.165, 1.54) is 0 Å². The van der Waals surface area contributed by atoms with E-state index in [0.29, 0.717) is 0 Å². The van der Waals surface area contributed by atoms with Crippen LogP contribution in [-0.4, -0.2) is 0 Å². The predicted octanol–water partition coefficient (Wildman–Crippen LogP) is 2.67. The van der Waals surface area contributed by atoms with Gasteiger partial charge in [-0.25, -0.2) is 0 Å². The molecule has 0 aliphatic carbocycles. The van der Waals surface area contributed by atoms with Gasteiger partial charge in [0.1, 0.15) is 7.05 Å². The summed E-state index contributed by atoms with van der Waals surface area (Å²) in [5.41, 5.74) is 2.01. The normalized spacial score (nSPS) is 9.38. The molecule has 1 nitrogen and oxygen atoms in total. The van der Waals surface area contributed by atoms with Crippen LogP contribution in [0.3, 0.4) is 0 Å². The molecule has 1 aromatic heterocycles. The van der Waals surface area contributed by atoms with Gasteiger partial charge in [-0.3, -0.25) is 0 Å². The van der Waals surface area contributed by atoms with E-state index in [1.54, 1.807) is 0 Å². The quantitative estimate of drug-likeness (QED) is 0.513. The fourth-order valence-corrected chi connectivity index (χ4v) is 1.75. The highest BCUT2D eigenvalue weighted by Gasteiger charge is 1.98. The standard InChI is InChI=1S/C14H11BrN/c1-16-10-3-2-7-14(16)9-8-12-5-4-6-13(15)11-12/h2-7,10-11H,1H3/q+1. The van der Waals surface area contributed by atoms with Gasteiger partial charge in [-0.05, 0) is 24.3 Å². The van der Waals surface area contributed by atoms with Crippen molar-refractivity contribution in [1.29, 1.82) is 0 Å². The Bertz CT molecular complexity index is 564. The van der Waals surface area contributed by atoms with Crippen molar-refractivity contribution in [3.63, 3.8) is 0 Å². The lowest BCUT2D eigenvalue weighted by Gasteiger charge is -1.91. The fraction of sp³-hybridized carbons (Fsp3) is 0.0714. The van der Waals surface area contributed by atoms with Crippen LogP contribution >= 0.6 is 15.9 Å². The van der Waals surface area contributed by atoms with Crippen molar-refractivity contribution in [3.8, 4) is 11.8 Å². The molecule has 0 atom stereocenters. The number of pyridine rings is 1. The number of aryl methyl sites for hydroxylation is 1. The Hall–Kier alpha value is -1.59. The lowest BCUT2D eigenvalue weighted by Crippen LogP contribution is -2.31. The molecule has 0 aliphatic rings. The number of halogens is 1. The SMILES string of the molecule is C[n+]1ccccc1C#Cc1cccc(Br)c1. The number of hydrogen-bond acceptors (Lipinski definition) is 0. The molecule has 0 amide bonds. The Labute approximate surface area is 104 Å². The molecular weight excluding hydrogens is 262 g/mol. The zero-order valence-corrected chi connectivity index (χ0v) is 10.5. The highest BCUT2D eigenvalue weighted by Crippen LogP contribution is 2.10. The highest BCUT2D eigenvalue weighted by atomic mass is 79.9. The van der Waals surface area contributed by atoms with Gasteiger partial charge in [0.25, 0.3) is 5.69 Å². The maximum Gasteiger partial charge on any atom is 0.256 e. The van der Waals surface area contributed by atoms with Gasteiger partial charge < -0.3 is 0 Å². The Kier molecular flexibility index (Phi) is 3.38. The van der Waals surface area contributed by atoms with Crippen molar-refractivity contribution >= 4 is 15.9 Å². The Morgan fingerprint density at radius 2 is 1.94 bits per heavy atom. The third-order valence-electron chi connectivity index (χ3n) is 2.21. The zero-order chi connectivity index (χ0) is 11.4. The van der Waals surface area contributed by atoms with Crippen molar-refractivity contribution in [3.05, 3.63) is 64.4 Å². The van der Waals surface area contributed by atoms with Crippen LogP contribution in [0.5, 0.6) is 0 Å². The molecule has 0 aliphatic heterocycles. The summed E-state index contributed by atoms with van der Waals surface area (Å²) in [5, 5.41) is 0. The van der Waals surface area contributed by atoms with Crippen LogP contribution in [-0.2, 0) is 7.05 Å². The molecule has 2 heteroatoms. The van der Waals surface area contributed by atoms with Crippen molar-refractivity contribution in [2.24, 2.45) is 7.05 Å². The van der Waals surface area contributed by atoms with Crippen LogP contribution in [0.1, 0.15) is 11.3 Å². The molecular formula is C14H11BrN+. The molecule has 1 heterocycles. The van der Waals surface area contributed by atoms with Gasteiger partial charge in [0.2, 0.25) is 0 Å². The van der Waals surface area contributed by atoms with Gasteiger partial charge in [-0.15, -0.1) is 0 Å². The van der Waals surface area contributed by atoms with E-state index in [0.717, 1.165) is 15.7 Å². The minimum absolute atomic E-state index is 1.00. The summed E-state index contributed by atoms with van der Waals surface area (Å²) in [6, 6.07) is 14.0. The van der Waals surface area contributed by atoms with Crippen molar-refractivity contribution in [2.75, 3.05) is 0 Å². The average Bonchev–Trinajstić information content (AvgIpc) is 2.28. The first kappa shape index (κ1) is 10.9. The first-order chi connectivity index (χ1) is 7.75. The van der Waals surface area contributed by atoms with Gasteiger partial charge in [0, 0.05) is 28.1 Å². The summed E-state index contributed by atoms with van der Waals surface area (Å²) in [5.74, 6) is 6.29. The first-order valence-electron chi connectivity index (χ1n) is 4.98. The smallest absolute Gasteiger partial charge is 0.194 e. The Morgan fingerprint density at radius 1 is 1.06 bits per heavy atom. The maximum absolute atomic E-state index is 3.43. The molecule has 1 aromatic carbocycles. The lowest BCUT2D eigenvalue weighted by molar-refractivity contribution is -0.673. The number of aromatic nitrogens is 1. The fourth-order valence-electron chi connectivity index (χ4n) is 1.36. The first-order valence-corrected chi connectivity index (χ1v) is 5.77. The van der Waals surface area contributed by atoms with E-state index in [2.05, 4.69) is 27.8 Å². The second-order valence-corrected chi connectivity index (χ2v) is 4.37. The lowest BCUT2D eigenvalue weighted by atomic mass is 10.2. The van der Waals surface area contributed by atoms with E-state index in [-0.39, 0.29) is 0 Å². The number of nitrogens with zero attached hydrogens (tertiary/aromatic N) is 1. The molecule has 78 valence electrons. The van der Waals surface area contributed by atoms with Crippen LogP contribution in [0.15, 0.2) is 53.1 Å². The third-order valence-corrected chi connectivity index (χ3v) is 2.71. The predicted molar refractivity (Wildman–Crippen MR) is 67.7 cm³/mol. The summed E-state index contributed by atoms with van der Waals surface area (Å²) < 4.78 is 3.06. The van der Waals surface area contributed by atoms with E-state index < -0.39 is 0 Å². The van der Waals surface area contributed by atoms with Crippen LogP contribution in [0, 0.1) is 11.8 Å². The molecule has 0 bridgehead atoms. The van der Waals surface area contributed by atoms with Crippen molar-refractivity contribution in [2.45, 2.75) is 0 Å². The summed E-state index contributed by atoms with van der Waals surface area (Å²) in [6.07, 6.45) is 1.99. The van der Waals surface area contributed by atoms with E-state index in [1.807, 2.05) is 60.3 Å². The monoisotopic (exact) mass is 272 g/mol. The third kappa shape index (κ3) is 2.71. The minimum Gasteiger partial charge on any atom is -0.194 e. The van der Waals surface area contributed by atoms with Gasteiger partial charge in [-0.1, -0.05) is 27.9 Å². The summed E-state index contributed by atoms with van der Waals surface area (Å²) >= 11 is 3.43. The van der Waals surface area contributed by atoms with Gasteiger partial charge >= 0.3 is 0 Å². The largest absolute Gasteiger partial charge is 0.256 e. The summed E-state index contributed by atoms with van der Waals surface area (Å²) in [7, 11) is 1.99. The average molecular weight is 273 g/mol. The molecule has 0 spiro atoms. The van der Waals surface area contributed by atoms with Crippen LogP contribution in [0.25, 0.3) is 0 Å². The molecule has 0 N–H and O–H groups in total. The summed E-state index contributed by atoms with van der Waals surface area (Å²) in [6.45, 7) is 0. The van der Waals surface area contributed by atoms with Crippen molar-refractivity contribution in [1.82, 2.24) is 0 Å². The second-order valence-electron chi connectivity index (χ2n) is 3.46. The van der Waals surface area contributed by atoms with E-state index >= 15 is 0 Å². The highest BCUT2D eigenvalue weighted by molar-refractivity contribution is 9.10. The van der Waals surface area contributed by atoms with Crippen molar-refractivity contribution < 1.29 is 4.57 Å². The van der Waals surface area contributed by atoms with Gasteiger partial charge in [0.15, 0.2) is 6.20 Å². The Balaban J connectivity index is 2.32. The van der Waals surface area contributed by atoms with Crippen LogP contribution in [0.4, 0.5) is 0 Å². The molecule has 0 saturated carbocycles. The zero-order valence-electron chi connectivity index (χ0n) is 8.94. The molecule has 0 fully saturated rings. The van der Waals surface area contributed by atoms with Gasteiger partial charge in [-0.2, -0.15) is 4.57 Å². The van der Waals surface area contributed by atoms with Crippen LogP contribution < -0.4 is 4.57 Å². The Morgan fingerprint density at radius 3 is 2.69 bits per heavy atom. The number of hydrogen-bond donors (Lipinski definition) is 0. The minimum atomic E-state index is 1.00. The number of rotatable bonds is 0. The second kappa shape index (κ2) is 4.96. The van der Waals surface area contributed by atoms with Gasteiger partial charge in [0.05, 0.1) is 0 Å². The molecule has 0 unspecified atom stereocenters. The van der Waals surface area contributed by atoms with Crippen LogP contribution in [0.2, 0.25) is 0 Å². The molecule has 0 radical (unpaired) electrons. The number of benzene rings is 1. The van der Waals surface area contributed by atoms with E-state index in [9.17, 15) is 0 Å². The topological polar surface area (TPSA) is 3.88 Å². The maximum atomic E-state index is 3.43. The molecule has 2 rings (SSSR count). The molecule has 0 saturated heterocycles. The van der Waals surface area contributed by atoms with E-state index in [4.69, 9.17) is 0 Å².